The molecule has 6 aromatic rings. The first kappa shape index (κ1) is 35.9. The molecule has 0 aliphatic carbocycles. The molecule has 52 heavy (non-hydrogen) atoms. The van der Waals surface area contributed by atoms with Gasteiger partial charge in [0.2, 0.25) is 12.3 Å². The lowest BCUT2D eigenvalue weighted by atomic mass is 10.0. The number of carbonyl (C=O) groups is 1. The van der Waals surface area contributed by atoms with Gasteiger partial charge in [-0.2, -0.15) is 10.4 Å². The van der Waals surface area contributed by atoms with E-state index in [4.69, 9.17) is 19.7 Å². The molecule has 3 aromatic carbocycles. The van der Waals surface area contributed by atoms with Crippen molar-refractivity contribution in [2.75, 3.05) is 31.6 Å². The number of rotatable bonds is 8. The second-order valence-electron chi connectivity index (χ2n) is 12.7. The molecule has 0 saturated carbocycles. The van der Waals surface area contributed by atoms with Gasteiger partial charge < -0.3 is 19.4 Å². The van der Waals surface area contributed by atoms with E-state index >= 15 is 0 Å². The van der Waals surface area contributed by atoms with Crippen molar-refractivity contribution in [3.63, 3.8) is 0 Å². The molecule has 11 nitrogen and oxygen atoms in total. The number of carbonyl (C=O) groups excluding carboxylic acids is 1. The van der Waals surface area contributed by atoms with Gasteiger partial charge in [-0.3, -0.25) is 14.8 Å². The standard InChI is InChI=1S/C28H26FN5O.C9H9N3O.C3H6O/c1-19-6-9-26-25(14-19)31-27(33(26)2)17-34-12-10-21(11-13-34)24-4-3-5-28(32-24)35-18-22-8-7-20(16-30)15-23(22)29;1-6-2-8(10-5-13)3-7-4-11-12-9(6)7;1-2-4-3-1/h3-10,14-15H,11-13,17-18H2,1-2H3;2-5H,1H3,(H,10,13)(H,11,12);1-3H2. The zero-order valence-electron chi connectivity index (χ0n) is 29.5. The molecule has 0 bridgehead atoms. The van der Waals surface area contributed by atoms with Crippen LogP contribution in [0.25, 0.3) is 27.5 Å². The van der Waals surface area contributed by atoms with Gasteiger partial charge in [-0.25, -0.2) is 14.4 Å². The molecule has 266 valence electrons. The minimum Gasteiger partial charge on any atom is -0.473 e. The van der Waals surface area contributed by atoms with Crippen LogP contribution in [0.5, 0.6) is 5.88 Å². The number of nitrogens with one attached hydrogen (secondary N) is 2. The van der Waals surface area contributed by atoms with Crippen molar-refractivity contribution in [1.82, 2.24) is 29.6 Å². The molecule has 12 heteroatoms. The quantitative estimate of drug-likeness (QED) is 0.162. The highest BCUT2D eigenvalue weighted by atomic mass is 19.1. The number of aromatic amines is 1. The average molecular weight is 701 g/mol. The van der Waals surface area contributed by atoms with Crippen LogP contribution in [0.15, 0.2) is 79.0 Å². The maximum absolute atomic E-state index is 14.1. The van der Waals surface area contributed by atoms with Crippen molar-refractivity contribution >= 4 is 39.6 Å². The van der Waals surface area contributed by atoms with Crippen molar-refractivity contribution in [2.45, 2.75) is 39.8 Å². The van der Waals surface area contributed by atoms with Crippen LogP contribution in [0.4, 0.5) is 10.1 Å². The van der Waals surface area contributed by atoms with Crippen molar-refractivity contribution in [1.29, 1.82) is 5.26 Å². The summed E-state index contributed by atoms with van der Waals surface area (Å²) in [5.74, 6) is 1.06. The minimum atomic E-state index is -0.453. The first-order valence-corrected chi connectivity index (χ1v) is 17.1. The van der Waals surface area contributed by atoms with E-state index in [1.54, 1.807) is 24.4 Å². The molecule has 0 unspecified atom stereocenters. The lowest BCUT2D eigenvalue weighted by molar-refractivity contribution is -0.105. The van der Waals surface area contributed by atoms with Gasteiger partial charge in [0, 0.05) is 56.1 Å². The average Bonchev–Trinajstić information content (AvgIpc) is 3.72. The van der Waals surface area contributed by atoms with E-state index in [1.807, 2.05) is 37.3 Å². The Balaban J connectivity index is 0.000000223. The van der Waals surface area contributed by atoms with Crippen molar-refractivity contribution in [2.24, 2.45) is 7.05 Å². The molecule has 1 amide bonds. The summed E-state index contributed by atoms with van der Waals surface area (Å²) in [6.45, 7) is 8.64. The van der Waals surface area contributed by atoms with E-state index in [0.29, 0.717) is 17.9 Å². The maximum atomic E-state index is 14.1. The summed E-state index contributed by atoms with van der Waals surface area (Å²) in [7, 11) is 2.07. The van der Waals surface area contributed by atoms with Crippen molar-refractivity contribution in [3.8, 4) is 11.9 Å². The lowest BCUT2D eigenvalue weighted by Crippen LogP contribution is -2.29. The molecule has 3 aromatic heterocycles. The largest absolute Gasteiger partial charge is 0.473 e. The number of aryl methyl sites for hydroxylation is 3. The van der Waals surface area contributed by atoms with Crippen LogP contribution in [0, 0.1) is 31.0 Å². The zero-order valence-corrected chi connectivity index (χ0v) is 29.5. The number of pyridine rings is 1. The fourth-order valence-electron chi connectivity index (χ4n) is 5.88. The minimum absolute atomic E-state index is 0.0539. The van der Waals surface area contributed by atoms with E-state index in [-0.39, 0.29) is 12.2 Å². The first-order valence-electron chi connectivity index (χ1n) is 17.1. The third-order valence-electron chi connectivity index (χ3n) is 8.95. The van der Waals surface area contributed by atoms with E-state index in [2.05, 4.69) is 68.2 Å². The highest BCUT2D eigenvalue weighted by molar-refractivity contribution is 5.87. The Labute approximate surface area is 301 Å². The number of H-pyrrole nitrogens is 1. The third kappa shape index (κ3) is 8.87. The summed E-state index contributed by atoms with van der Waals surface area (Å²) in [4.78, 5) is 22.1. The predicted octanol–water partition coefficient (Wildman–Crippen LogP) is 7.00. The molecule has 1 fully saturated rings. The second kappa shape index (κ2) is 16.9. The fraction of sp³-hybridized carbons (Fsp3) is 0.275. The van der Waals surface area contributed by atoms with Crippen LogP contribution in [0.2, 0.25) is 0 Å². The van der Waals surface area contributed by atoms with Crippen LogP contribution < -0.4 is 10.1 Å². The normalized spacial score (nSPS) is 13.9. The number of benzene rings is 3. The van der Waals surface area contributed by atoms with Gasteiger partial charge in [0.15, 0.2) is 0 Å². The van der Waals surface area contributed by atoms with E-state index in [1.165, 1.54) is 23.6 Å². The van der Waals surface area contributed by atoms with Crippen LogP contribution in [0.1, 0.15) is 46.6 Å². The number of hydrogen-bond acceptors (Lipinski definition) is 8. The highest BCUT2D eigenvalue weighted by Crippen LogP contribution is 2.25. The van der Waals surface area contributed by atoms with Crippen LogP contribution in [-0.4, -0.2) is 62.3 Å². The molecule has 1 saturated heterocycles. The molecule has 2 aliphatic rings. The van der Waals surface area contributed by atoms with Crippen molar-refractivity contribution in [3.05, 3.63) is 119 Å². The Bertz CT molecular complexity index is 2250. The molecular weight excluding hydrogens is 659 g/mol. The number of amides is 1. The number of imidazole rings is 1. The van der Waals surface area contributed by atoms with Gasteiger partial charge in [-0.1, -0.05) is 24.3 Å². The Hall–Kier alpha value is -5.90. The predicted molar refractivity (Wildman–Crippen MR) is 199 cm³/mol. The van der Waals surface area contributed by atoms with Crippen LogP contribution in [0.3, 0.4) is 0 Å². The summed E-state index contributed by atoms with van der Waals surface area (Å²) in [5, 5.41) is 19.3. The Morgan fingerprint density at radius 3 is 2.63 bits per heavy atom. The van der Waals surface area contributed by atoms with Gasteiger partial charge in [0.05, 0.1) is 46.6 Å². The van der Waals surface area contributed by atoms with Crippen LogP contribution in [-0.2, 0) is 29.7 Å². The van der Waals surface area contributed by atoms with Gasteiger partial charge in [-0.05, 0) is 85.9 Å². The number of fused-ring (bicyclic) bond motifs is 2. The van der Waals surface area contributed by atoms with Gasteiger partial charge in [0.1, 0.15) is 18.2 Å². The van der Waals surface area contributed by atoms with Crippen LogP contribution >= 0.6 is 0 Å². The summed E-state index contributed by atoms with van der Waals surface area (Å²) < 4.78 is 26.8. The number of aromatic nitrogens is 5. The molecular formula is C40H41FN8O3. The van der Waals surface area contributed by atoms with Gasteiger partial charge in [-0.15, -0.1) is 0 Å². The number of halogens is 1. The Morgan fingerprint density at radius 2 is 1.92 bits per heavy atom. The monoisotopic (exact) mass is 700 g/mol. The lowest BCUT2D eigenvalue weighted by Gasteiger charge is -2.25. The molecule has 0 atom stereocenters. The highest BCUT2D eigenvalue weighted by Gasteiger charge is 2.18. The number of anilines is 1. The van der Waals surface area contributed by atoms with Gasteiger partial charge >= 0.3 is 0 Å². The summed E-state index contributed by atoms with van der Waals surface area (Å²) in [5.41, 5.74) is 9.01. The molecule has 0 spiro atoms. The topological polar surface area (TPSA) is 134 Å². The fourth-order valence-corrected chi connectivity index (χ4v) is 5.88. The van der Waals surface area contributed by atoms with Gasteiger partial charge in [0.25, 0.3) is 0 Å². The van der Waals surface area contributed by atoms with Crippen molar-refractivity contribution < 1.29 is 18.7 Å². The molecule has 8 rings (SSSR count). The Morgan fingerprint density at radius 1 is 1.10 bits per heavy atom. The maximum Gasteiger partial charge on any atom is 0.214 e. The summed E-state index contributed by atoms with van der Waals surface area (Å²) >= 11 is 0. The molecule has 5 heterocycles. The second-order valence-corrected chi connectivity index (χ2v) is 12.7. The zero-order chi connectivity index (χ0) is 36.5. The summed E-state index contributed by atoms with van der Waals surface area (Å²) in [6.07, 6.45) is 6.77. The van der Waals surface area contributed by atoms with E-state index in [0.717, 1.165) is 84.0 Å². The third-order valence-corrected chi connectivity index (χ3v) is 8.95. The van der Waals surface area contributed by atoms with E-state index in [9.17, 15) is 9.18 Å². The number of hydrogen-bond donors (Lipinski definition) is 2. The number of nitriles is 1. The molecule has 2 N–H and O–H groups in total. The molecule has 2 aliphatic heterocycles. The molecule has 0 radical (unpaired) electrons. The SMILES string of the molecule is C1COC1.Cc1cc(NC=O)cc2cn[nH]c12.Cc1ccc2c(c1)nc(CN1CC=C(c3cccc(OCc4ccc(C#N)cc4F)n3)CC1)n2C. The van der Waals surface area contributed by atoms with E-state index < -0.39 is 5.82 Å². The summed E-state index contributed by atoms with van der Waals surface area (Å²) in [6, 6.07) is 22.1. The first-order chi connectivity index (χ1) is 25.3. The Kier molecular flexibility index (Phi) is 11.7. The smallest absolute Gasteiger partial charge is 0.214 e. The number of nitrogens with zero attached hydrogens (tertiary/aromatic N) is 6. The number of ether oxygens (including phenoxy) is 2.